The lowest BCUT2D eigenvalue weighted by Crippen LogP contribution is -2.26. The molecular formula is C24H22N2O6. The van der Waals surface area contributed by atoms with Gasteiger partial charge in [0.25, 0.3) is 0 Å². The first-order chi connectivity index (χ1) is 15.5. The molecule has 0 radical (unpaired) electrons. The van der Waals surface area contributed by atoms with Crippen LogP contribution in [0.3, 0.4) is 0 Å². The van der Waals surface area contributed by atoms with Crippen molar-refractivity contribution >= 4 is 5.97 Å². The molecule has 0 fully saturated rings. The van der Waals surface area contributed by atoms with Crippen molar-refractivity contribution in [3.63, 3.8) is 0 Å². The Kier molecular flexibility index (Phi) is 5.65. The Morgan fingerprint density at radius 1 is 1.22 bits per heavy atom. The highest BCUT2D eigenvalue weighted by Gasteiger charge is 2.38. The maximum atomic E-state index is 12.9. The van der Waals surface area contributed by atoms with Crippen molar-refractivity contribution in [3.05, 3.63) is 64.8 Å². The molecule has 1 atom stereocenters. The van der Waals surface area contributed by atoms with Crippen LogP contribution < -0.4 is 19.9 Å². The molecule has 2 aliphatic rings. The summed E-state index contributed by atoms with van der Waals surface area (Å²) in [5.74, 6) is 0.630. The van der Waals surface area contributed by atoms with E-state index in [2.05, 4.69) is 6.07 Å². The van der Waals surface area contributed by atoms with Crippen LogP contribution in [0.15, 0.2) is 59.2 Å². The van der Waals surface area contributed by atoms with Gasteiger partial charge in [-0.1, -0.05) is 12.1 Å². The first kappa shape index (κ1) is 21.1. The van der Waals surface area contributed by atoms with E-state index < -0.39 is 11.9 Å². The molecule has 2 aromatic carbocycles. The highest BCUT2D eigenvalue weighted by atomic mass is 16.7. The number of esters is 1. The van der Waals surface area contributed by atoms with Gasteiger partial charge in [-0.2, -0.15) is 5.26 Å². The van der Waals surface area contributed by atoms with E-state index in [4.69, 9.17) is 29.4 Å². The van der Waals surface area contributed by atoms with Crippen LogP contribution >= 0.6 is 0 Å². The zero-order chi connectivity index (χ0) is 22.8. The average Bonchev–Trinajstić information content (AvgIpc) is 3.25. The molecule has 2 N–H and O–H groups in total. The third kappa shape index (κ3) is 3.58. The minimum atomic E-state index is -0.806. The van der Waals surface area contributed by atoms with E-state index in [1.165, 1.54) is 0 Å². The first-order valence-electron chi connectivity index (χ1n) is 10.0. The monoisotopic (exact) mass is 434 g/mol. The highest BCUT2D eigenvalue weighted by molar-refractivity contribution is 5.93. The topological polar surface area (TPSA) is 113 Å². The van der Waals surface area contributed by atoms with Crippen LogP contribution in [0.25, 0.3) is 11.1 Å². The van der Waals surface area contributed by atoms with Crippen LogP contribution in [0.2, 0.25) is 0 Å². The second kappa shape index (κ2) is 8.55. The number of hydrogen-bond acceptors (Lipinski definition) is 8. The van der Waals surface area contributed by atoms with Gasteiger partial charge in [0, 0.05) is 0 Å². The molecule has 0 bridgehead atoms. The van der Waals surface area contributed by atoms with Crippen molar-refractivity contribution in [1.29, 1.82) is 5.26 Å². The van der Waals surface area contributed by atoms with Gasteiger partial charge < -0.3 is 29.4 Å². The zero-order valence-corrected chi connectivity index (χ0v) is 17.9. The van der Waals surface area contributed by atoms with E-state index in [9.17, 15) is 10.1 Å². The molecule has 2 aliphatic heterocycles. The highest BCUT2D eigenvalue weighted by Crippen LogP contribution is 2.47. The van der Waals surface area contributed by atoms with E-state index in [0.29, 0.717) is 22.8 Å². The second-order valence-electron chi connectivity index (χ2n) is 7.14. The molecule has 0 saturated heterocycles. The molecular weight excluding hydrogens is 412 g/mol. The summed E-state index contributed by atoms with van der Waals surface area (Å²) in [5.41, 5.74) is 8.62. The smallest absolute Gasteiger partial charge is 0.338 e. The third-order valence-corrected chi connectivity index (χ3v) is 5.36. The van der Waals surface area contributed by atoms with Gasteiger partial charge in [-0.3, -0.25) is 0 Å². The molecule has 4 rings (SSSR count). The normalized spacial score (nSPS) is 17.0. The maximum Gasteiger partial charge on any atom is 0.338 e. The molecule has 8 nitrogen and oxygen atoms in total. The molecule has 2 aromatic rings. The lowest BCUT2D eigenvalue weighted by Gasteiger charge is -2.28. The van der Waals surface area contributed by atoms with Crippen molar-refractivity contribution in [3.8, 4) is 34.4 Å². The van der Waals surface area contributed by atoms with E-state index >= 15 is 0 Å². The zero-order valence-electron chi connectivity index (χ0n) is 17.9. The van der Waals surface area contributed by atoms with Gasteiger partial charge in [-0.05, 0) is 54.8 Å². The summed E-state index contributed by atoms with van der Waals surface area (Å²) >= 11 is 0. The standard InChI is InChI=1S/C24H22N2O6/c1-4-29-24(27)21-13(2)32-23(26)18(11-25)22(21)17-10-20-19(30-12-31-20)9-16(17)14-5-7-15(28-3)8-6-14/h5-10,22H,4,12,26H2,1-3H3. The van der Waals surface area contributed by atoms with Gasteiger partial charge in [0.15, 0.2) is 11.5 Å². The molecule has 2 heterocycles. The Hall–Kier alpha value is -4.12. The predicted molar refractivity (Wildman–Crippen MR) is 115 cm³/mol. The molecule has 8 heteroatoms. The van der Waals surface area contributed by atoms with Crippen LogP contribution in [0.1, 0.15) is 25.3 Å². The number of nitriles is 1. The SMILES string of the molecule is CCOC(=O)C1=C(C)OC(N)=C(C#N)C1c1cc2c(cc1-c1ccc(OC)cc1)OCO2. The number of rotatable bonds is 5. The van der Waals surface area contributed by atoms with Crippen molar-refractivity contribution in [2.24, 2.45) is 5.73 Å². The Morgan fingerprint density at radius 3 is 2.53 bits per heavy atom. The number of hydrogen-bond donors (Lipinski definition) is 1. The number of benzene rings is 2. The molecule has 0 saturated carbocycles. The molecule has 0 aromatic heterocycles. The fourth-order valence-electron chi connectivity index (χ4n) is 3.88. The number of ether oxygens (including phenoxy) is 5. The van der Waals surface area contributed by atoms with E-state index in [0.717, 1.165) is 11.1 Å². The van der Waals surface area contributed by atoms with Gasteiger partial charge >= 0.3 is 5.97 Å². The summed E-state index contributed by atoms with van der Waals surface area (Å²) in [6.45, 7) is 3.60. The Labute approximate surface area is 185 Å². The van der Waals surface area contributed by atoms with E-state index in [1.54, 1.807) is 27.0 Å². The molecule has 164 valence electrons. The van der Waals surface area contributed by atoms with Crippen LogP contribution in [0.5, 0.6) is 17.2 Å². The molecule has 1 unspecified atom stereocenters. The number of methoxy groups -OCH3 is 1. The van der Waals surface area contributed by atoms with Gasteiger partial charge in [0.1, 0.15) is 23.2 Å². The first-order valence-corrected chi connectivity index (χ1v) is 10.0. The molecule has 0 aliphatic carbocycles. The summed E-state index contributed by atoms with van der Waals surface area (Å²) in [6.07, 6.45) is 0. The lowest BCUT2D eigenvalue weighted by molar-refractivity contribution is -0.139. The third-order valence-electron chi connectivity index (χ3n) is 5.36. The number of carbonyl (C=O) groups is 1. The van der Waals surface area contributed by atoms with E-state index in [1.807, 2.05) is 30.3 Å². The van der Waals surface area contributed by atoms with Crippen LogP contribution in [-0.2, 0) is 14.3 Å². The molecule has 0 spiro atoms. The average molecular weight is 434 g/mol. The van der Waals surface area contributed by atoms with Gasteiger partial charge in [-0.25, -0.2) is 4.79 Å². The molecule has 32 heavy (non-hydrogen) atoms. The van der Waals surface area contributed by atoms with Crippen molar-refractivity contribution in [2.45, 2.75) is 19.8 Å². The van der Waals surface area contributed by atoms with Crippen LogP contribution in [0.4, 0.5) is 0 Å². The quantitative estimate of drug-likeness (QED) is 0.708. The second-order valence-corrected chi connectivity index (χ2v) is 7.14. The summed E-state index contributed by atoms with van der Waals surface area (Å²) in [4.78, 5) is 12.9. The fourth-order valence-corrected chi connectivity index (χ4v) is 3.88. The number of fused-ring (bicyclic) bond motifs is 1. The van der Waals surface area contributed by atoms with Gasteiger partial charge in [0.05, 0.1) is 25.2 Å². The Balaban J connectivity index is 1.97. The summed E-state index contributed by atoms with van der Waals surface area (Å²) in [6, 6.07) is 13.1. The fraction of sp³-hybridized carbons (Fsp3) is 0.250. The summed E-state index contributed by atoms with van der Waals surface area (Å²) < 4.78 is 27.2. The number of allylic oxidation sites excluding steroid dienone is 2. The van der Waals surface area contributed by atoms with E-state index in [-0.39, 0.29) is 36.2 Å². The summed E-state index contributed by atoms with van der Waals surface area (Å²) in [5, 5.41) is 9.92. The number of nitrogens with zero attached hydrogens (tertiary/aromatic N) is 1. The van der Waals surface area contributed by atoms with Crippen molar-refractivity contribution in [2.75, 3.05) is 20.5 Å². The maximum absolute atomic E-state index is 12.9. The minimum Gasteiger partial charge on any atom is -0.497 e. The Morgan fingerprint density at radius 2 is 1.91 bits per heavy atom. The largest absolute Gasteiger partial charge is 0.497 e. The van der Waals surface area contributed by atoms with Gasteiger partial charge in [0.2, 0.25) is 12.7 Å². The van der Waals surface area contributed by atoms with Crippen LogP contribution in [0, 0.1) is 11.3 Å². The number of carbonyl (C=O) groups excluding carboxylic acids is 1. The molecule has 0 amide bonds. The van der Waals surface area contributed by atoms with Crippen molar-refractivity contribution < 1.29 is 28.5 Å². The lowest BCUT2D eigenvalue weighted by atomic mass is 9.79. The van der Waals surface area contributed by atoms with Gasteiger partial charge in [-0.15, -0.1) is 0 Å². The van der Waals surface area contributed by atoms with Crippen LogP contribution in [-0.4, -0.2) is 26.5 Å². The number of nitrogens with two attached hydrogens (primary N) is 1. The minimum absolute atomic E-state index is 0.0543. The van der Waals surface area contributed by atoms with Crippen molar-refractivity contribution in [1.82, 2.24) is 0 Å². The summed E-state index contributed by atoms with van der Waals surface area (Å²) in [7, 11) is 1.59. The predicted octanol–water partition coefficient (Wildman–Crippen LogP) is 3.74. The Bertz CT molecular complexity index is 1170.